The molecule has 0 radical (unpaired) electrons. The number of benzene rings is 1. The van der Waals surface area contributed by atoms with Crippen LogP contribution in [-0.4, -0.2) is 25.7 Å². The van der Waals surface area contributed by atoms with Gasteiger partial charge in [-0.25, -0.2) is 0 Å². The minimum absolute atomic E-state index is 0.574. The first-order valence-electron chi connectivity index (χ1n) is 6.77. The van der Waals surface area contributed by atoms with E-state index in [1.165, 1.54) is 11.3 Å². The Morgan fingerprint density at radius 1 is 1.24 bits per heavy atom. The van der Waals surface area contributed by atoms with Gasteiger partial charge in [0.05, 0.1) is 0 Å². The third-order valence-electron chi connectivity index (χ3n) is 3.55. The quantitative estimate of drug-likeness (QED) is 0.843. The standard InChI is InChI=1S/C15H24N2/c1-4-14-7-5-6-8-15(14)17-10-12(2)9-16-13(3)11-17/h5-8,12-13,16H,4,9-11H2,1-3H3. The lowest BCUT2D eigenvalue weighted by Gasteiger charge is -2.28. The molecule has 0 aromatic heterocycles. The summed E-state index contributed by atoms with van der Waals surface area (Å²) in [5.74, 6) is 0.713. The molecule has 1 aliphatic heterocycles. The number of nitrogens with zero attached hydrogens (tertiary/aromatic N) is 1. The van der Waals surface area contributed by atoms with E-state index >= 15 is 0 Å². The number of hydrogen-bond donors (Lipinski definition) is 1. The molecule has 1 N–H and O–H groups in total. The molecule has 1 aromatic rings. The van der Waals surface area contributed by atoms with Crippen LogP contribution in [0.1, 0.15) is 26.3 Å². The second-order valence-electron chi connectivity index (χ2n) is 5.30. The summed E-state index contributed by atoms with van der Waals surface area (Å²) in [5, 5.41) is 3.59. The van der Waals surface area contributed by atoms with Gasteiger partial charge in [-0.3, -0.25) is 0 Å². The third-order valence-corrected chi connectivity index (χ3v) is 3.55. The first kappa shape index (κ1) is 12.4. The van der Waals surface area contributed by atoms with Crippen molar-refractivity contribution in [3.8, 4) is 0 Å². The Labute approximate surface area is 105 Å². The van der Waals surface area contributed by atoms with Gasteiger partial charge in [-0.05, 0) is 37.4 Å². The molecule has 94 valence electrons. The molecular formula is C15H24N2. The first-order valence-corrected chi connectivity index (χ1v) is 6.77. The summed E-state index contributed by atoms with van der Waals surface area (Å²) in [6.45, 7) is 10.2. The van der Waals surface area contributed by atoms with Crippen LogP contribution in [-0.2, 0) is 6.42 Å². The molecule has 2 unspecified atom stereocenters. The normalized spacial score (nSPS) is 25.7. The van der Waals surface area contributed by atoms with Crippen molar-refractivity contribution < 1.29 is 0 Å². The van der Waals surface area contributed by atoms with Crippen molar-refractivity contribution in [2.45, 2.75) is 33.2 Å². The minimum Gasteiger partial charge on any atom is -0.369 e. The van der Waals surface area contributed by atoms with Gasteiger partial charge in [0, 0.05) is 24.8 Å². The summed E-state index contributed by atoms with van der Waals surface area (Å²) < 4.78 is 0. The van der Waals surface area contributed by atoms with Crippen LogP contribution in [0.25, 0.3) is 0 Å². The molecule has 17 heavy (non-hydrogen) atoms. The molecule has 2 atom stereocenters. The number of aryl methyl sites for hydroxylation is 1. The fourth-order valence-electron chi connectivity index (χ4n) is 2.63. The van der Waals surface area contributed by atoms with Gasteiger partial charge in [0.1, 0.15) is 0 Å². The number of anilines is 1. The number of nitrogens with one attached hydrogen (secondary N) is 1. The molecule has 0 spiro atoms. The van der Waals surface area contributed by atoms with Crippen LogP contribution >= 0.6 is 0 Å². The molecule has 1 aliphatic rings. The summed E-state index contributed by atoms with van der Waals surface area (Å²) >= 11 is 0. The number of hydrogen-bond acceptors (Lipinski definition) is 2. The predicted molar refractivity (Wildman–Crippen MR) is 74.7 cm³/mol. The van der Waals surface area contributed by atoms with E-state index in [2.05, 4.69) is 55.3 Å². The van der Waals surface area contributed by atoms with Gasteiger partial charge in [0.2, 0.25) is 0 Å². The van der Waals surface area contributed by atoms with Crippen LogP contribution in [0.2, 0.25) is 0 Å². The van der Waals surface area contributed by atoms with Gasteiger partial charge in [-0.2, -0.15) is 0 Å². The highest BCUT2D eigenvalue weighted by atomic mass is 15.2. The molecule has 0 amide bonds. The van der Waals surface area contributed by atoms with Gasteiger partial charge in [-0.1, -0.05) is 32.0 Å². The monoisotopic (exact) mass is 232 g/mol. The van der Waals surface area contributed by atoms with Gasteiger partial charge >= 0.3 is 0 Å². The number of rotatable bonds is 2. The summed E-state index contributed by atoms with van der Waals surface area (Å²) in [6.07, 6.45) is 1.11. The first-order chi connectivity index (χ1) is 8.20. The van der Waals surface area contributed by atoms with E-state index in [4.69, 9.17) is 0 Å². The molecule has 1 fully saturated rings. The van der Waals surface area contributed by atoms with E-state index < -0.39 is 0 Å². The van der Waals surface area contributed by atoms with Crippen LogP contribution in [0, 0.1) is 5.92 Å². The maximum atomic E-state index is 3.59. The Morgan fingerprint density at radius 2 is 2.00 bits per heavy atom. The van der Waals surface area contributed by atoms with Crippen molar-refractivity contribution in [1.82, 2.24) is 5.32 Å². The van der Waals surface area contributed by atoms with E-state index in [1.54, 1.807) is 0 Å². The van der Waals surface area contributed by atoms with Crippen molar-refractivity contribution in [3.05, 3.63) is 29.8 Å². The molecule has 2 nitrogen and oxygen atoms in total. The Kier molecular flexibility index (Phi) is 4.06. The van der Waals surface area contributed by atoms with Crippen LogP contribution < -0.4 is 10.2 Å². The highest BCUT2D eigenvalue weighted by Crippen LogP contribution is 2.23. The maximum absolute atomic E-state index is 3.59. The van der Waals surface area contributed by atoms with Crippen LogP contribution in [0.4, 0.5) is 5.69 Å². The molecular weight excluding hydrogens is 208 g/mol. The summed E-state index contributed by atoms with van der Waals surface area (Å²) in [6, 6.07) is 9.39. The Hall–Kier alpha value is -1.02. The predicted octanol–water partition coefficient (Wildman–Crippen LogP) is 2.68. The Morgan fingerprint density at radius 3 is 2.76 bits per heavy atom. The lowest BCUT2D eigenvalue weighted by Crippen LogP contribution is -2.35. The van der Waals surface area contributed by atoms with E-state index in [1.807, 2.05) is 0 Å². The zero-order valence-corrected chi connectivity index (χ0v) is 11.2. The zero-order valence-electron chi connectivity index (χ0n) is 11.2. The summed E-state index contributed by atoms with van der Waals surface area (Å²) in [7, 11) is 0. The fourth-order valence-corrected chi connectivity index (χ4v) is 2.63. The highest BCUT2D eigenvalue weighted by molar-refractivity contribution is 5.54. The second-order valence-corrected chi connectivity index (χ2v) is 5.30. The number of para-hydroxylation sites is 1. The van der Waals surface area contributed by atoms with Crippen molar-refractivity contribution in [3.63, 3.8) is 0 Å². The van der Waals surface area contributed by atoms with Crippen molar-refractivity contribution >= 4 is 5.69 Å². The smallest absolute Gasteiger partial charge is 0.0399 e. The largest absolute Gasteiger partial charge is 0.369 e. The third kappa shape index (κ3) is 3.01. The minimum atomic E-state index is 0.574. The molecule has 0 bridgehead atoms. The maximum Gasteiger partial charge on any atom is 0.0399 e. The molecule has 2 heteroatoms. The van der Waals surface area contributed by atoms with E-state index in [-0.39, 0.29) is 0 Å². The molecule has 1 aromatic carbocycles. The van der Waals surface area contributed by atoms with Gasteiger partial charge < -0.3 is 10.2 Å². The van der Waals surface area contributed by atoms with Crippen LogP contribution in [0.5, 0.6) is 0 Å². The van der Waals surface area contributed by atoms with Crippen LogP contribution in [0.3, 0.4) is 0 Å². The Bertz CT molecular complexity index is 350. The van der Waals surface area contributed by atoms with Gasteiger partial charge in [-0.15, -0.1) is 0 Å². The summed E-state index contributed by atoms with van der Waals surface area (Å²) in [5.41, 5.74) is 2.89. The second kappa shape index (κ2) is 5.54. The van der Waals surface area contributed by atoms with Crippen molar-refractivity contribution in [2.75, 3.05) is 24.5 Å². The topological polar surface area (TPSA) is 15.3 Å². The van der Waals surface area contributed by atoms with Gasteiger partial charge in [0.15, 0.2) is 0 Å². The molecule has 1 heterocycles. The molecule has 1 saturated heterocycles. The average Bonchev–Trinajstić information content (AvgIpc) is 2.51. The van der Waals surface area contributed by atoms with Crippen LogP contribution in [0.15, 0.2) is 24.3 Å². The molecule has 0 aliphatic carbocycles. The van der Waals surface area contributed by atoms with Crippen molar-refractivity contribution in [1.29, 1.82) is 0 Å². The van der Waals surface area contributed by atoms with Crippen molar-refractivity contribution in [2.24, 2.45) is 5.92 Å². The average molecular weight is 232 g/mol. The van der Waals surface area contributed by atoms with E-state index in [9.17, 15) is 0 Å². The highest BCUT2D eigenvalue weighted by Gasteiger charge is 2.20. The zero-order chi connectivity index (χ0) is 12.3. The Balaban J connectivity index is 2.24. The molecule has 0 saturated carbocycles. The molecule has 2 rings (SSSR count). The fraction of sp³-hybridized carbons (Fsp3) is 0.600. The lowest BCUT2D eigenvalue weighted by molar-refractivity contribution is 0.525. The van der Waals surface area contributed by atoms with E-state index in [0.717, 1.165) is 26.1 Å². The van der Waals surface area contributed by atoms with Gasteiger partial charge in [0.25, 0.3) is 0 Å². The SMILES string of the molecule is CCc1ccccc1N1CC(C)CNC(C)C1. The lowest BCUT2D eigenvalue weighted by atomic mass is 10.1. The summed E-state index contributed by atoms with van der Waals surface area (Å²) in [4.78, 5) is 2.55. The van der Waals surface area contributed by atoms with E-state index in [0.29, 0.717) is 12.0 Å².